The summed E-state index contributed by atoms with van der Waals surface area (Å²) in [7, 11) is 0. The first-order valence-corrected chi connectivity index (χ1v) is 8.16. The lowest BCUT2D eigenvalue weighted by atomic mass is 10.1. The Balaban J connectivity index is 1.54. The number of thiazole rings is 1. The second-order valence-corrected chi connectivity index (χ2v) is 5.97. The third kappa shape index (κ3) is 3.82. The predicted octanol–water partition coefficient (Wildman–Crippen LogP) is 3.39. The van der Waals surface area contributed by atoms with Gasteiger partial charge in [-0.1, -0.05) is 12.8 Å². The first kappa shape index (κ1) is 14.1. The van der Waals surface area contributed by atoms with Crippen molar-refractivity contribution < 1.29 is 9.53 Å². The van der Waals surface area contributed by atoms with Gasteiger partial charge in [-0.2, -0.15) is 0 Å². The van der Waals surface area contributed by atoms with Crippen LogP contribution in [-0.2, 0) is 6.61 Å². The van der Waals surface area contributed by atoms with Crippen LogP contribution in [0.25, 0.3) is 0 Å². The quantitative estimate of drug-likeness (QED) is 0.921. The summed E-state index contributed by atoms with van der Waals surface area (Å²) in [6, 6.07) is 7.62. The van der Waals surface area contributed by atoms with Gasteiger partial charge in [0, 0.05) is 17.0 Å². The van der Waals surface area contributed by atoms with Crippen molar-refractivity contribution in [2.45, 2.75) is 38.3 Å². The fourth-order valence-corrected chi connectivity index (χ4v) is 3.05. The zero-order chi connectivity index (χ0) is 14.5. The van der Waals surface area contributed by atoms with Crippen LogP contribution in [0.5, 0.6) is 5.75 Å². The Hall–Kier alpha value is -1.88. The molecule has 1 aromatic carbocycles. The number of nitrogens with zero attached hydrogens (tertiary/aromatic N) is 1. The standard InChI is InChI=1S/C16H18N2O2S/c19-16(18-13-3-1-2-4-13)12-5-7-15(8-6-12)20-9-14-10-21-11-17-14/h5-8,10-11,13H,1-4,9H2,(H,18,19). The lowest BCUT2D eigenvalue weighted by molar-refractivity contribution is 0.0938. The largest absolute Gasteiger partial charge is 0.487 e. The number of benzene rings is 1. The van der Waals surface area contributed by atoms with E-state index in [4.69, 9.17) is 4.74 Å². The summed E-state index contributed by atoms with van der Waals surface area (Å²) in [6.45, 7) is 0.455. The van der Waals surface area contributed by atoms with E-state index in [0.29, 0.717) is 18.2 Å². The molecule has 1 aliphatic carbocycles. The van der Waals surface area contributed by atoms with Crippen LogP contribution >= 0.6 is 11.3 Å². The monoisotopic (exact) mass is 302 g/mol. The van der Waals surface area contributed by atoms with Crippen LogP contribution in [0.1, 0.15) is 41.7 Å². The minimum absolute atomic E-state index is 0.00736. The zero-order valence-electron chi connectivity index (χ0n) is 11.7. The molecule has 2 aromatic rings. The van der Waals surface area contributed by atoms with Gasteiger partial charge in [0.2, 0.25) is 0 Å². The molecular weight excluding hydrogens is 284 g/mol. The fourth-order valence-electron chi connectivity index (χ4n) is 2.51. The Morgan fingerprint density at radius 3 is 2.71 bits per heavy atom. The molecule has 0 aliphatic heterocycles. The maximum Gasteiger partial charge on any atom is 0.251 e. The Morgan fingerprint density at radius 1 is 1.29 bits per heavy atom. The SMILES string of the molecule is O=C(NC1CCCC1)c1ccc(OCc2cscn2)cc1. The van der Waals surface area contributed by atoms with Crippen molar-refractivity contribution in [3.63, 3.8) is 0 Å². The van der Waals surface area contributed by atoms with Crippen molar-refractivity contribution in [2.75, 3.05) is 0 Å². The molecule has 1 N–H and O–H groups in total. The Morgan fingerprint density at radius 2 is 2.05 bits per heavy atom. The normalized spacial score (nSPS) is 15.0. The van der Waals surface area contributed by atoms with Crippen LogP contribution in [0, 0.1) is 0 Å². The third-order valence-electron chi connectivity index (χ3n) is 3.68. The Bertz CT molecular complexity index is 575. The first-order chi connectivity index (χ1) is 10.3. The number of ether oxygens (including phenoxy) is 1. The van der Waals surface area contributed by atoms with E-state index in [1.807, 2.05) is 17.5 Å². The van der Waals surface area contributed by atoms with Crippen molar-refractivity contribution in [3.8, 4) is 5.75 Å². The highest BCUT2D eigenvalue weighted by Gasteiger charge is 2.17. The number of amides is 1. The van der Waals surface area contributed by atoms with Crippen molar-refractivity contribution in [2.24, 2.45) is 0 Å². The Labute approximate surface area is 128 Å². The van der Waals surface area contributed by atoms with Gasteiger partial charge >= 0.3 is 0 Å². The van der Waals surface area contributed by atoms with Crippen LogP contribution in [0.15, 0.2) is 35.2 Å². The molecule has 0 bridgehead atoms. The van der Waals surface area contributed by atoms with Gasteiger partial charge in [-0.05, 0) is 37.1 Å². The molecule has 0 atom stereocenters. The number of nitrogens with one attached hydrogen (secondary N) is 1. The number of carbonyl (C=O) groups excluding carboxylic acids is 1. The van der Waals surface area contributed by atoms with Crippen LogP contribution in [0.3, 0.4) is 0 Å². The van der Waals surface area contributed by atoms with Gasteiger partial charge in [-0.3, -0.25) is 4.79 Å². The molecule has 1 fully saturated rings. The van der Waals surface area contributed by atoms with Crippen LogP contribution in [0.2, 0.25) is 0 Å². The van der Waals surface area contributed by atoms with Gasteiger partial charge in [0.1, 0.15) is 12.4 Å². The summed E-state index contributed by atoms with van der Waals surface area (Å²) < 4.78 is 5.63. The van der Waals surface area contributed by atoms with Gasteiger partial charge < -0.3 is 10.1 Å². The third-order valence-corrected chi connectivity index (χ3v) is 4.31. The predicted molar refractivity (Wildman–Crippen MR) is 82.6 cm³/mol. The number of carbonyl (C=O) groups is 1. The molecule has 3 rings (SSSR count). The summed E-state index contributed by atoms with van der Waals surface area (Å²) in [5.74, 6) is 0.758. The van der Waals surface area contributed by atoms with E-state index in [2.05, 4.69) is 10.3 Å². The van der Waals surface area contributed by atoms with Crippen molar-refractivity contribution in [1.29, 1.82) is 0 Å². The molecule has 0 unspecified atom stereocenters. The molecule has 4 nitrogen and oxygen atoms in total. The highest BCUT2D eigenvalue weighted by Crippen LogP contribution is 2.19. The fraction of sp³-hybridized carbons (Fsp3) is 0.375. The number of rotatable bonds is 5. The molecular formula is C16H18N2O2S. The molecule has 1 heterocycles. The molecule has 0 radical (unpaired) electrons. The van der Waals surface area contributed by atoms with E-state index in [1.165, 1.54) is 12.8 Å². The second kappa shape index (κ2) is 6.72. The van der Waals surface area contributed by atoms with E-state index in [1.54, 1.807) is 29.0 Å². The summed E-state index contributed by atoms with van der Waals surface area (Å²) >= 11 is 1.55. The maximum absolute atomic E-state index is 12.1. The molecule has 0 spiro atoms. The van der Waals surface area contributed by atoms with E-state index in [0.717, 1.165) is 24.3 Å². The Kier molecular flexibility index (Phi) is 4.50. The van der Waals surface area contributed by atoms with Crippen LogP contribution < -0.4 is 10.1 Å². The van der Waals surface area contributed by atoms with E-state index >= 15 is 0 Å². The van der Waals surface area contributed by atoms with Crippen LogP contribution in [0.4, 0.5) is 0 Å². The zero-order valence-corrected chi connectivity index (χ0v) is 12.6. The molecule has 21 heavy (non-hydrogen) atoms. The topological polar surface area (TPSA) is 51.2 Å². The average molecular weight is 302 g/mol. The minimum Gasteiger partial charge on any atom is -0.487 e. The highest BCUT2D eigenvalue weighted by atomic mass is 32.1. The van der Waals surface area contributed by atoms with Gasteiger partial charge in [0.25, 0.3) is 5.91 Å². The summed E-state index contributed by atoms with van der Waals surface area (Å²) in [5.41, 5.74) is 3.39. The minimum atomic E-state index is 0.00736. The summed E-state index contributed by atoms with van der Waals surface area (Å²) in [6.07, 6.45) is 4.63. The average Bonchev–Trinajstić information content (AvgIpc) is 3.19. The molecule has 1 aliphatic rings. The van der Waals surface area contributed by atoms with E-state index < -0.39 is 0 Å². The summed E-state index contributed by atoms with van der Waals surface area (Å²) in [4.78, 5) is 16.3. The molecule has 1 aromatic heterocycles. The lowest BCUT2D eigenvalue weighted by Gasteiger charge is -2.12. The smallest absolute Gasteiger partial charge is 0.251 e. The molecule has 1 saturated carbocycles. The molecule has 110 valence electrons. The highest BCUT2D eigenvalue weighted by molar-refractivity contribution is 7.07. The van der Waals surface area contributed by atoms with Crippen molar-refractivity contribution in [1.82, 2.24) is 10.3 Å². The van der Waals surface area contributed by atoms with Gasteiger partial charge in [-0.15, -0.1) is 11.3 Å². The van der Waals surface area contributed by atoms with Gasteiger partial charge in [0.15, 0.2) is 0 Å². The number of aromatic nitrogens is 1. The van der Waals surface area contributed by atoms with E-state index in [9.17, 15) is 4.79 Å². The van der Waals surface area contributed by atoms with Crippen molar-refractivity contribution >= 4 is 17.2 Å². The number of hydrogen-bond donors (Lipinski definition) is 1. The van der Waals surface area contributed by atoms with Crippen LogP contribution in [-0.4, -0.2) is 16.9 Å². The van der Waals surface area contributed by atoms with Gasteiger partial charge in [-0.25, -0.2) is 4.98 Å². The molecule has 0 saturated heterocycles. The first-order valence-electron chi connectivity index (χ1n) is 7.22. The maximum atomic E-state index is 12.1. The van der Waals surface area contributed by atoms with Crippen molar-refractivity contribution in [3.05, 3.63) is 46.4 Å². The van der Waals surface area contributed by atoms with Gasteiger partial charge in [0.05, 0.1) is 11.2 Å². The van der Waals surface area contributed by atoms with E-state index in [-0.39, 0.29) is 5.91 Å². The lowest BCUT2D eigenvalue weighted by Crippen LogP contribution is -2.32. The molecule has 1 amide bonds. The molecule has 5 heteroatoms. The number of hydrogen-bond acceptors (Lipinski definition) is 4. The summed E-state index contributed by atoms with van der Waals surface area (Å²) in [5, 5.41) is 5.04. The second-order valence-electron chi connectivity index (χ2n) is 5.25.